The van der Waals surface area contributed by atoms with Crippen molar-refractivity contribution < 1.29 is 29.5 Å². The molecule has 23 heavy (non-hydrogen) atoms. The fraction of sp³-hybridized carbons (Fsp3) is 0.765. The predicted molar refractivity (Wildman–Crippen MR) is 94.0 cm³/mol. The molecule has 1 rings (SSSR count). The van der Waals surface area contributed by atoms with Crippen LogP contribution in [0.25, 0.3) is 0 Å². The Balaban J connectivity index is 3.61. The SMILES string of the molecule is CC(C)(C)[O][Zr]([O]C(C)(C)C)([O]C(C)(C)C)([GeH2][F])[C]1=CC=CC1. The van der Waals surface area contributed by atoms with E-state index in [4.69, 9.17) is 8.44 Å². The Morgan fingerprint density at radius 2 is 1.26 bits per heavy atom. The summed E-state index contributed by atoms with van der Waals surface area (Å²) in [5.41, 5.74) is -1.58. The van der Waals surface area contributed by atoms with E-state index in [-0.39, 0.29) is 0 Å². The quantitative estimate of drug-likeness (QED) is 0.548. The van der Waals surface area contributed by atoms with Gasteiger partial charge in [-0.15, -0.1) is 0 Å². The predicted octanol–water partition coefficient (Wildman–Crippen LogP) is 4.68. The zero-order valence-corrected chi connectivity index (χ0v) is 21.7. The first-order chi connectivity index (χ1) is 10.1. The van der Waals surface area contributed by atoms with Gasteiger partial charge in [-0.05, 0) is 0 Å². The molecular formula is C17H34FGeO3Zr. The van der Waals surface area contributed by atoms with Crippen molar-refractivity contribution in [3.8, 4) is 0 Å². The molecule has 6 heteroatoms. The topological polar surface area (TPSA) is 27.7 Å². The van der Waals surface area contributed by atoms with E-state index >= 15 is 3.50 Å². The van der Waals surface area contributed by atoms with Crippen molar-refractivity contribution in [2.45, 2.75) is 85.5 Å². The Labute approximate surface area is 148 Å². The molecule has 0 amide bonds. The fourth-order valence-corrected chi connectivity index (χ4v) is 40.2. The maximum atomic E-state index is 15.0. The zero-order chi connectivity index (χ0) is 18.2. The summed E-state index contributed by atoms with van der Waals surface area (Å²) in [6, 6.07) is 0. The molecule has 0 heterocycles. The zero-order valence-electron chi connectivity index (χ0n) is 16.2. The van der Waals surface area contributed by atoms with Crippen LogP contribution in [0.3, 0.4) is 0 Å². The third-order valence-electron chi connectivity index (χ3n) is 3.16. The number of rotatable bonds is 5. The Morgan fingerprint density at radius 3 is 1.48 bits per heavy atom. The second kappa shape index (κ2) is 6.79. The van der Waals surface area contributed by atoms with Gasteiger partial charge in [0.2, 0.25) is 0 Å². The monoisotopic (exact) mass is 469 g/mol. The van der Waals surface area contributed by atoms with Crippen LogP contribution in [-0.4, -0.2) is 28.9 Å². The van der Waals surface area contributed by atoms with Crippen molar-refractivity contribution in [3.63, 3.8) is 0 Å². The Hall–Kier alpha value is 0.716. The Bertz CT molecular complexity index is 452. The summed E-state index contributed by atoms with van der Waals surface area (Å²) >= 11 is -7.86. The van der Waals surface area contributed by atoms with E-state index < -0.39 is 46.5 Å². The second-order valence-electron chi connectivity index (χ2n) is 9.27. The molecule has 1 aliphatic rings. The van der Waals surface area contributed by atoms with Crippen molar-refractivity contribution in [1.29, 1.82) is 0 Å². The average molecular weight is 469 g/mol. The number of hydrogen-bond acceptors (Lipinski definition) is 3. The van der Waals surface area contributed by atoms with Crippen molar-refractivity contribution in [3.05, 3.63) is 21.5 Å². The molecule has 0 unspecified atom stereocenters. The third-order valence-corrected chi connectivity index (χ3v) is 32.5. The van der Waals surface area contributed by atoms with Crippen LogP contribution in [0.4, 0.5) is 3.50 Å². The molecule has 0 aromatic rings. The van der Waals surface area contributed by atoms with Crippen molar-refractivity contribution in [1.82, 2.24) is 0 Å². The van der Waals surface area contributed by atoms with Crippen molar-refractivity contribution in [2.24, 2.45) is 0 Å². The molecule has 0 aliphatic heterocycles. The molecule has 1 aliphatic carbocycles. The van der Waals surface area contributed by atoms with Crippen molar-refractivity contribution in [2.75, 3.05) is 0 Å². The first kappa shape index (κ1) is 21.8. The van der Waals surface area contributed by atoms with Gasteiger partial charge in [-0.25, -0.2) is 0 Å². The standard InChI is InChI=1S/C5H5.3C4H9O.FGeH2.Zr/c1-2-4-5-3-1;3*1-4(2,3)5;1-2;/h1-3H,4H2;3*1-3H3;2H2;/q;3*-1;;+3. The summed E-state index contributed by atoms with van der Waals surface area (Å²) in [6.45, 7) is 17.6. The van der Waals surface area contributed by atoms with Gasteiger partial charge in [0.1, 0.15) is 0 Å². The molecule has 135 valence electrons. The van der Waals surface area contributed by atoms with Crippen LogP contribution in [0, 0.1) is 0 Å². The summed E-state index contributed by atoms with van der Waals surface area (Å²) in [6.07, 6.45) is 6.64. The van der Waals surface area contributed by atoms with E-state index in [1.807, 2.05) is 80.5 Å². The Kier molecular flexibility index (Phi) is 6.42. The van der Waals surface area contributed by atoms with Gasteiger partial charge in [0.25, 0.3) is 0 Å². The molecule has 0 fully saturated rings. The molecule has 3 nitrogen and oxygen atoms in total. The van der Waals surface area contributed by atoms with E-state index in [9.17, 15) is 0 Å². The fourth-order valence-electron chi connectivity index (χ4n) is 3.09. The van der Waals surface area contributed by atoms with Crippen molar-refractivity contribution >= 4 is 12.1 Å². The normalized spacial score (nSPS) is 19.2. The molecule has 0 saturated heterocycles. The van der Waals surface area contributed by atoms with Crippen LogP contribution in [0.15, 0.2) is 21.5 Å². The van der Waals surface area contributed by atoms with Crippen LogP contribution in [0.1, 0.15) is 68.7 Å². The average Bonchev–Trinajstić information content (AvgIpc) is 2.75. The van der Waals surface area contributed by atoms with E-state index in [0.717, 1.165) is 3.28 Å². The minimum absolute atomic E-state index is 0.525. The van der Waals surface area contributed by atoms with Crippen LogP contribution in [0.2, 0.25) is 0 Å². The summed E-state index contributed by atoms with van der Waals surface area (Å²) in [7, 11) is 0. The van der Waals surface area contributed by atoms with Crippen LogP contribution in [-0.2, 0) is 26.0 Å². The summed E-state index contributed by atoms with van der Waals surface area (Å²) in [4.78, 5) is 0. The van der Waals surface area contributed by atoms with Gasteiger partial charge in [0.15, 0.2) is 0 Å². The Morgan fingerprint density at radius 1 is 0.870 bits per heavy atom. The van der Waals surface area contributed by atoms with Crippen LogP contribution >= 0.6 is 0 Å². The van der Waals surface area contributed by atoms with Gasteiger partial charge in [0, 0.05) is 0 Å². The molecule has 0 bridgehead atoms. The first-order valence-electron chi connectivity index (χ1n) is 8.31. The van der Waals surface area contributed by atoms with E-state index in [1.54, 1.807) is 0 Å². The summed E-state index contributed by atoms with van der Waals surface area (Å²) in [5.74, 6) is 0. The summed E-state index contributed by atoms with van der Waals surface area (Å²) < 4.78 is 35.7. The van der Waals surface area contributed by atoms with Gasteiger partial charge in [-0.2, -0.15) is 0 Å². The van der Waals surface area contributed by atoms with E-state index in [0.29, 0.717) is 6.42 Å². The minimum atomic E-state index is -5.12. The van der Waals surface area contributed by atoms with Crippen LogP contribution < -0.4 is 0 Å². The van der Waals surface area contributed by atoms with Crippen LogP contribution in [0.5, 0.6) is 0 Å². The van der Waals surface area contributed by atoms with Gasteiger partial charge in [-0.3, -0.25) is 0 Å². The number of hydrogen-bond donors (Lipinski definition) is 0. The molecule has 0 aromatic carbocycles. The molecule has 0 spiro atoms. The number of halogens is 1. The maximum absolute atomic E-state index is 15.0. The number of allylic oxidation sites excluding steroid dienone is 4. The summed E-state index contributed by atoms with van der Waals surface area (Å²) in [5, 5.41) is 0. The second-order valence-corrected chi connectivity index (χ2v) is 37.2. The van der Waals surface area contributed by atoms with Gasteiger partial charge in [-0.1, -0.05) is 0 Å². The molecule has 0 radical (unpaired) electrons. The third kappa shape index (κ3) is 5.88. The molecule has 0 saturated carbocycles. The molecule has 0 aromatic heterocycles. The van der Waals surface area contributed by atoms with Gasteiger partial charge >= 0.3 is 149 Å². The molecular weight excluding hydrogens is 435 g/mol. The van der Waals surface area contributed by atoms with Gasteiger partial charge in [0.05, 0.1) is 0 Å². The van der Waals surface area contributed by atoms with E-state index in [1.165, 1.54) is 0 Å². The molecule has 0 N–H and O–H groups in total. The van der Waals surface area contributed by atoms with Gasteiger partial charge < -0.3 is 0 Å². The van der Waals surface area contributed by atoms with E-state index in [2.05, 4.69) is 0 Å². The molecule has 0 atom stereocenters. The first-order valence-corrected chi connectivity index (χ1v) is 24.2.